The van der Waals surface area contributed by atoms with Crippen LogP contribution >= 0.6 is 0 Å². The molecule has 7 nitrogen and oxygen atoms in total. The number of aryl methyl sites for hydroxylation is 1. The molecule has 0 aliphatic carbocycles. The second kappa shape index (κ2) is 6.28. The molecule has 0 atom stereocenters. The highest BCUT2D eigenvalue weighted by Gasteiger charge is 2.31. The van der Waals surface area contributed by atoms with Crippen molar-refractivity contribution in [3.63, 3.8) is 0 Å². The number of carboxylic acids is 1. The molecule has 0 spiro atoms. The molecule has 0 fully saturated rings. The summed E-state index contributed by atoms with van der Waals surface area (Å²) in [4.78, 5) is 20.2. The number of fused-ring (bicyclic) bond motifs is 1. The van der Waals surface area contributed by atoms with E-state index in [0.717, 1.165) is 16.6 Å². The Kier molecular flexibility index (Phi) is 3.92. The van der Waals surface area contributed by atoms with Gasteiger partial charge in [-0.2, -0.15) is 0 Å². The van der Waals surface area contributed by atoms with Crippen molar-refractivity contribution in [3.8, 4) is 0 Å². The van der Waals surface area contributed by atoms with Crippen LogP contribution in [0.3, 0.4) is 0 Å². The first-order valence-electron chi connectivity index (χ1n) is 8.48. The lowest BCUT2D eigenvalue weighted by Gasteiger charge is -2.18. The van der Waals surface area contributed by atoms with Gasteiger partial charge in [-0.1, -0.05) is 18.2 Å². The van der Waals surface area contributed by atoms with Crippen molar-refractivity contribution in [2.24, 2.45) is 0 Å². The van der Waals surface area contributed by atoms with E-state index in [-0.39, 0.29) is 24.6 Å². The number of rotatable bonds is 4. The number of imidazole rings is 1. The highest BCUT2D eigenvalue weighted by molar-refractivity contribution is 6.30. The average molecular weight is 362 g/mol. The monoisotopic (exact) mass is 362 g/mol. The number of aliphatic carboxylic acids is 1. The molecule has 0 unspecified atom stereocenters. The number of anilines is 1. The van der Waals surface area contributed by atoms with Gasteiger partial charge in [0.1, 0.15) is 17.4 Å². The maximum atomic E-state index is 10.8. The molecule has 0 radical (unpaired) electrons. The minimum absolute atomic E-state index is 0.0507. The molecule has 1 aliphatic heterocycles. The van der Waals surface area contributed by atoms with Gasteiger partial charge in [-0.05, 0) is 42.3 Å². The molecule has 1 aromatic heterocycles. The van der Waals surface area contributed by atoms with Gasteiger partial charge in [-0.25, -0.2) is 4.98 Å². The number of benzene rings is 2. The second-order valence-corrected chi connectivity index (χ2v) is 6.60. The van der Waals surface area contributed by atoms with Gasteiger partial charge in [0, 0.05) is 5.69 Å². The summed E-state index contributed by atoms with van der Waals surface area (Å²) in [5, 5.41) is 27.8. The Morgan fingerprint density at radius 3 is 2.70 bits per heavy atom. The van der Waals surface area contributed by atoms with Crippen molar-refractivity contribution in [2.75, 3.05) is 11.4 Å². The van der Waals surface area contributed by atoms with Crippen LogP contribution in [0.25, 0.3) is 16.6 Å². The number of H-pyrrole nitrogens is 1. The molecular formula is C20H18N4O3. The van der Waals surface area contributed by atoms with Crippen LogP contribution in [0.4, 0.5) is 5.69 Å². The molecule has 3 aromatic rings. The number of hydrogen-bond donors (Lipinski definition) is 4. The van der Waals surface area contributed by atoms with E-state index in [1.807, 2.05) is 25.1 Å². The number of aromatic amines is 1. The zero-order chi connectivity index (χ0) is 19.1. The van der Waals surface area contributed by atoms with E-state index in [9.17, 15) is 9.90 Å². The van der Waals surface area contributed by atoms with E-state index >= 15 is 0 Å². The third kappa shape index (κ3) is 3.03. The molecule has 4 rings (SSSR count). The summed E-state index contributed by atoms with van der Waals surface area (Å²) >= 11 is 0. The van der Waals surface area contributed by atoms with E-state index in [1.165, 1.54) is 0 Å². The fourth-order valence-electron chi connectivity index (χ4n) is 3.26. The number of carbonyl (C=O) groups is 1. The Morgan fingerprint density at radius 2 is 2.00 bits per heavy atom. The number of aliphatic hydroxyl groups excluding tert-OH is 1. The Balaban J connectivity index is 1.63. The van der Waals surface area contributed by atoms with E-state index in [0.29, 0.717) is 22.6 Å². The summed E-state index contributed by atoms with van der Waals surface area (Å²) in [5.41, 5.74) is 4.50. The van der Waals surface area contributed by atoms with Crippen molar-refractivity contribution in [1.82, 2.24) is 9.97 Å². The summed E-state index contributed by atoms with van der Waals surface area (Å²) in [6, 6.07) is 12.8. The van der Waals surface area contributed by atoms with Crippen LogP contribution < -0.4 is 4.90 Å². The molecule has 2 aromatic carbocycles. The first-order chi connectivity index (χ1) is 12.9. The fourth-order valence-corrected chi connectivity index (χ4v) is 3.26. The van der Waals surface area contributed by atoms with E-state index in [1.54, 1.807) is 29.2 Å². The van der Waals surface area contributed by atoms with Gasteiger partial charge in [0.2, 0.25) is 0 Å². The number of aromatic nitrogens is 2. The smallest absolute Gasteiger partial charge is 0.307 e. The number of nitrogens with one attached hydrogen (secondary N) is 2. The topological polar surface area (TPSA) is 113 Å². The van der Waals surface area contributed by atoms with Crippen LogP contribution in [0.15, 0.2) is 48.2 Å². The number of hydrogen-bond acceptors (Lipinski definition) is 4. The molecule has 27 heavy (non-hydrogen) atoms. The number of carboxylic acid groups (broad SMARTS) is 1. The molecule has 0 bridgehead atoms. The van der Waals surface area contributed by atoms with Crippen LogP contribution in [-0.4, -0.2) is 38.5 Å². The summed E-state index contributed by atoms with van der Waals surface area (Å²) in [7, 11) is 0. The van der Waals surface area contributed by atoms with Crippen molar-refractivity contribution in [3.05, 3.63) is 65.2 Å². The van der Waals surface area contributed by atoms with Gasteiger partial charge < -0.3 is 20.1 Å². The predicted molar refractivity (Wildman–Crippen MR) is 103 cm³/mol. The van der Waals surface area contributed by atoms with Crippen LogP contribution in [-0.2, 0) is 11.2 Å². The number of amidine groups is 1. The Hall–Kier alpha value is -3.61. The third-order valence-electron chi connectivity index (χ3n) is 4.58. The van der Waals surface area contributed by atoms with Crippen LogP contribution in [0.5, 0.6) is 0 Å². The second-order valence-electron chi connectivity index (χ2n) is 6.60. The Morgan fingerprint density at radius 1 is 1.26 bits per heavy atom. The lowest BCUT2D eigenvalue weighted by Crippen LogP contribution is -2.26. The van der Waals surface area contributed by atoms with Crippen LogP contribution in [0.2, 0.25) is 0 Å². The van der Waals surface area contributed by atoms with Gasteiger partial charge in [0.15, 0.2) is 0 Å². The van der Waals surface area contributed by atoms with E-state index < -0.39 is 5.97 Å². The normalized spacial score (nSPS) is 14.4. The van der Waals surface area contributed by atoms with Gasteiger partial charge in [0.05, 0.1) is 29.6 Å². The maximum Gasteiger partial charge on any atom is 0.307 e. The minimum atomic E-state index is -0.890. The molecule has 4 N–H and O–H groups in total. The molecule has 1 aliphatic rings. The molecule has 7 heteroatoms. The lowest BCUT2D eigenvalue weighted by atomic mass is 10.1. The quantitative estimate of drug-likeness (QED) is 0.569. The number of aliphatic hydroxyl groups is 1. The number of nitrogens with zero attached hydrogens (tertiary/aromatic N) is 2. The SMILES string of the molecule is Cc1ccc2nc(C3=C(O)CN(c4ccc(CC(=O)O)cc4)C3=N)[nH]c2c1. The highest BCUT2D eigenvalue weighted by atomic mass is 16.4. The van der Waals surface area contributed by atoms with Gasteiger partial charge in [-0.3, -0.25) is 10.2 Å². The van der Waals surface area contributed by atoms with Crippen molar-refractivity contribution in [2.45, 2.75) is 13.3 Å². The summed E-state index contributed by atoms with van der Waals surface area (Å²) in [5.74, 6) is -0.207. The molecule has 2 heterocycles. The van der Waals surface area contributed by atoms with Crippen LogP contribution in [0.1, 0.15) is 17.0 Å². The molecule has 0 amide bonds. The zero-order valence-electron chi connectivity index (χ0n) is 14.7. The van der Waals surface area contributed by atoms with Crippen molar-refractivity contribution >= 4 is 34.1 Å². The predicted octanol–water partition coefficient (Wildman–Crippen LogP) is 3.26. The lowest BCUT2D eigenvalue weighted by molar-refractivity contribution is -0.136. The van der Waals surface area contributed by atoms with E-state index in [4.69, 9.17) is 10.5 Å². The fraction of sp³-hybridized carbons (Fsp3) is 0.150. The summed E-state index contributed by atoms with van der Waals surface area (Å²) in [6.45, 7) is 2.16. The van der Waals surface area contributed by atoms with Crippen molar-refractivity contribution in [1.29, 1.82) is 5.41 Å². The first-order valence-corrected chi connectivity index (χ1v) is 8.48. The van der Waals surface area contributed by atoms with Gasteiger partial charge in [0.25, 0.3) is 0 Å². The van der Waals surface area contributed by atoms with Crippen LogP contribution in [0, 0.1) is 12.3 Å². The van der Waals surface area contributed by atoms with Gasteiger partial charge >= 0.3 is 5.97 Å². The molecule has 136 valence electrons. The summed E-state index contributed by atoms with van der Waals surface area (Å²) in [6.07, 6.45) is -0.0507. The Labute approximate surface area is 155 Å². The largest absolute Gasteiger partial charge is 0.509 e. The molecule has 0 saturated heterocycles. The standard InChI is InChI=1S/C20H18N4O3/c1-11-2-7-14-15(8-11)23-20(22-14)18-16(25)10-24(19(18)21)13-5-3-12(4-6-13)9-17(26)27/h2-8,21,25H,9-10H2,1H3,(H,22,23)(H,26,27). The minimum Gasteiger partial charge on any atom is -0.509 e. The maximum absolute atomic E-state index is 10.8. The summed E-state index contributed by atoms with van der Waals surface area (Å²) < 4.78 is 0. The average Bonchev–Trinajstić information content (AvgIpc) is 3.14. The zero-order valence-corrected chi connectivity index (χ0v) is 14.7. The third-order valence-corrected chi connectivity index (χ3v) is 4.58. The molecular weight excluding hydrogens is 344 g/mol. The first kappa shape index (κ1) is 16.8. The van der Waals surface area contributed by atoms with Crippen molar-refractivity contribution < 1.29 is 15.0 Å². The Bertz CT molecular complexity index is 1100. The van der Waals surface area contributed by atoms with E-state index in [2.05, 4.69) is 9.97 Å². The highest BCUT2D eigenvalue weighted by Crippen LogP contribution is 2.31. The van der Waals surface area contributed by atoms with Gasteiger partial charge in [-0.15, -0.1) is 0 Å². The molecule has 0 saturated carbocycles.